The van der Waals surface area contributed by atoms with Gasteiger partial charge in [0.2, 0.25) is 0 Å². The Labute approximate surface area is 265 Å². The molecule has 0 aliphatic carbocycles. The average Bonchev–Trinajstić information content (AvgIpc) is 3.00. The summed E-state index contributed by atoms with van der Waals surface area (Å²) < 4.78 is 11.2. The molecule has 0 spiro atoms. The first kappa shape index (κ1) is 36.1. The van der Waals surface area contributed by atoms with Crippen LogP contribution >= 0.6 is 0 Å². The van der Waals surface area contributed by atoms with E-state index in [1.165, 1.54) is 48.3 Å². The van der Waals surface area contributed by atoms with Crippen LogP contribution < -0.4 is 44.1 Å². The first-order valence-corrected chi connectivity index (χ1v) is 15.8. The highest BCUT2D eigenvalue weighted by atomic mass is 35.5. The zero-order chi connectivity index (χ0) is 28.2. The molecule has 2 aromatic carbocycles. The Kier molecular flexibility index (Phi) is 16.5. The highest BCUT2D eigenvalue weighted by Crippen LogP contribution is 2.23. The number of likely N-dealkylation sites (tertiary alicyclic amines) is 2. The number of nitrogens with one attached hydrogen (secondary N) is 2. The molecule has 0 saturated carbocycles. The minimum absolute atomic E-state index is 0. The van der Waals surface area contributed by atoms with Gasteiger partial charge in [0.1, 0.15) is 11.5 Å². The van der Waals surface area contributed by atoms with E-state index in [9.17, 15) is 9.59 Å². The van der Waals surface area contributed by atoms with Gasteiger partial charge in [-0.2, -0.15) is 0 Å². The van der Waals surface area contributed by atoms with Gasteiger partial charge in [-0.25, -0.2) is 0 Å². The summed E-state index contributed by atoms with van der Waals surface area (Å²) in [6, 6.07) is 15.2. The molecular weight excluding hydrogens is 571 g/mol. The molecule has 2 aromatic rings. The second kappa shape index (κ2) is 19.2. The van der Waals surface area contributed by atoms with E-state index in [-0.39, 0.29) is 48.2 Å². The molecule has 2 fully saturated rings. The van der Waals surface area contributed by atoms with Gasteiger partial charge in [-0.1, -0.05) is 0 Å². The molecule has 2 heterocycles. The van der Waals surface area contributed by atoms with Crippen LogP contribution in [-0.2, 0) is 0 Å². The molecule has 2 saturated heterocycles. The minimum Gasteiger partial charge on any atom is -1.00 e. The summed E-state index contributed by atoms with van der Waals surface area (Å²) in [5.41, 5.74) is 1.50. The van der Waals surface area contributed by atoms with Crippen molar-refractivity contribution in [2.45, 2.75) is 65.2 Å². The van der Waals surface area contributed by atoms with E-state index in [0.29, 0.717) is 13.2 Å². The Bertz CT molecular complexity index is 967. The van der Waals surface area contributed by atoms with Gasteiger partial charge in [0, 0.05) is 11.1 Å². The summed E-state index contributed by atoms with van der Waals surface area (Å²) in [6.07, 6.45) is 9.00. The van der Waals surface area contributed by atoms with E-state index in [2.05, 4.69) is 0 Å². The van der Waals surface area contributed by atoms with Gasteiger partial charge < -0.3 is 44.1 Å². The molecule has 2 atom stereocenters. The number of ketones is 2. The van der Waals surface area contributed by atoms with Crippen molar-refractivity contribution in [1.82, 2.24) is 0 Å². The zero-order valence-corrected chi connectivity index (χ0v) is 27.0. The summed E-state index contributed by atoms with van der Waals surface area (Å²) >= 11 is 0. The average molecular weight is 622 g/mol. The van der Waals surface area contributed by atoms with E-state index >= 15 is 0 Å². The molecule has 4 rings (SSSR count). The first-order valence-electron chi connectivity index (χ1n) is 15.8. The number of ether oxygens (including phenoxy) is 2. The Morgan fingerprint density at radius 3 is 1.24 bits per heavy atom. The van der Waals surface area contributed by atoms with Crippen LogP contribution in [0.15, 0.2) is 48.5 Å². The van der Waals surface area contributed by atoms with Crippen molar-refractivity contribution in [2.75, 3.05) is 52.5 Å². The van der Waals surface area contributed by atoms with Crippen molar-refractivity contribution in [3.05, 3.63) is 59.7 Å². The molecule has 2 aliphatic rings. The molecule has 8 heteroatoms. The Morgan fingerprint density at radius 2 is 0.929 bits per heavy atom. The molecular formula is C34H50Cl2N2O4. The smallest absolute Gasteiger partial charge is 0.171 e. The van der Waals surface area contributed by atoms with Gasteiger partial charge in [0.25, 0.3) is 0 Å². The summed E-state index contributed by atoms with van der Waals surface area (Å²) in [6.45, 7) is 11.4. The second-order valence-corrected chi connectivity index (χ2v) is 11.6. The number of halogens is 2. The quantitative estimate of drug-likeness (QED) is 0.220. The van der Waals surface area contributed by atoms with Gasteiger partial charge >= 0.3 is 0 Å². The first-order chi connectivity index (χ1) is 19.6. The fourth-order valence-electron chi connectivity index (χ4n) is 6.50. The molecule has 42 heavy (non-hydrogen) atoms. The van der Waals surface area contributed by atoms with Gasteiger partial charge in [-0.05, 0) is 114 Å². The summed E-state index contributed by atoms with van der Waals surface area (Å²) in [7, 11) is 0. The van der Waals surface area contributed by atoms with Crippen LogP contribution in [0.4, 0.5) is 0 Å². The lowest BCUT2D eigenvalue weighted by Gasteiger charge is -2.29. The molecule has 0 aromatic heterocycles. The van der Waals surface area contributed by atoms with Crippen molar-refractivity contribution in [3.8, 4) is 11.5 Å². The molecule has 2 aliphatic heterocycles. The lowest BCUT2D eigenvalue weighted by molar-refractivity contribution is -0.908. The molecule has 234 valence electrons. The molecule has 6 nitrogen and oxygen atoms in total. The number of carbonyl (C=O) groups is 2. The van der Waals surface area contributed by atoms with Crippen LogP contribution in [0.1, 0.15) is 85.9 Å². The van der Waals surface area contributed by atoms with Gasteiger partial charge in [-0.3, -0.25) is 9.59 Å². The predicted molar refractivity (Wildman–Crippen MR) is 159 cm³/mol. The maximum Gasteiger partial charge on any atom is 0.171 e. The highest BCUT2D eigenvalue weighted by molar-refractivity contribution is 5.99. The molecule has 0 amide bonds. The topological polar surface area (TPSA) is 61.5 Å². The largest absolute Gasteiger partial charge is 1.00 e. The van der Waals surface area contributed by atoms with Gasteiger partial charge in [-0.15, -0.1) is 0 Å². The minimum atomic E-state index is -0.0852. The van der Waals surface area contributed by atoms with Crippen molar-refractivity contribution >= 4 is 11.6 Å². The van der Waals surface area contributed by atoms with E-state index in [0.717, 1.165) is 74.7 Å². The second-order valence-electron chi connectivity index (χ2n) is 11.6. The lowest BCUT2D eigenvalue weighted by atomic mass is 9.85. The van der Waals surface area contributed by atoms with Crippen LogP contribution in [0.3, 0.4) is 0 Å². The number of rotatable bonds is 15. The summed E-state index contributed by atoms with van der Waals surface area (Å²) in [5.74, 6) is 1.83. The van der Waals surface area contributed by atoms with Crippen LogP contribution in [0.2, 0.25) is 0 Å². The standard InChI is InChI=1S/C34H48N2O4.2ClH/c1-3-39-31-17-13-27(14-18-31)33(37)29(25-35-21-7-5-8-22-35)11-12-30(26-36-23-9-6-10-24-36)34(38)28-15-19-32(20-16-28)40-4-2;;/h13-20,29-30H,3-12,21-26H2,1-2H3;2*1H. The Balaban J connectivity index is 0.00000308. The third kappa shape index (κ3) is 10.9. The molecule has 2 unspecified atom stereocenters. The third-order valence-electron chi connectivity index (χ3n) is 8.70. The monoisotopic (exact) mass is 620 g/mol. The molecule has 2 N–H and O–H groups in total. The van der Waals surface area contributed by atoms with E-state index in [1.54, 1.807) is 0 Å². The molecule has 0 bridgehead atoms. The number of quaternary nitrogens is 2. The number of hydrogen-bond acceptors (Lipinski definition) is 4. The number of hydrogen-bond donors (Lipinski definition) is 2. The van der Waals surface area contributed by atoms with Crippen LogP contribution in [-0.4, -0.2) is 64.0 Å². The lowest BCUT2D eigenvalue weighted by Crippen LogP contribution is -3.13. The van der Waals surface area contributed by atoms with Gasteiger partial charge in [0.05, 0.1) is 64.3 Å². The van der Waals surface area contributed by atoms with E-state index in [4.69, 9.17) is 9.47 Å². The van der Waals surface area contributed by atoms with Crippen LogP contribution in [0.25, 0.3) is 0 Å². The van der Waals surface area contributed by atoms with Crippen molar-refractivity contribution < 1.29 is 53.7 Å². The normalized spacial score (nSPS) is 17.3. The van der Waals surface area contributed by atoms with Crippen molar-refractivity contribution in [2.24, 2.45) is 11.8 Å². The Morgan fingerprint density at radius 1 is 0.595 bits per heavy atom. The zero-order valence-electron chi connectivity index (χ0n) is 25.5. The maximum atomic E-state index is 13.9. The van der Waals surface area contributed by atoms with Gasteiger partial charge in [0.15, 0.2) is 11.6 Å². The highest BCUT2D eigenvalue weighted by Gasteiger charge is 2.31. The number of piperidine rings is 2. The van der Waals surface area contributed by atoms with E-state index in [1.807, 2.05) is 62.4 Å². The van der Waals surface area contributed by atoms with Crippen LogP contribution in [0, 0.1) is 11.8 Å². The molecule has 0 radical (unpaired) electrons. The third-order valence-corrected chi connectivity index (χ3v) is 8.70. The fraction of sp³-hybridized carbons (Fsp3) is 0.588. The number of benzene rings is 2. The predicted octanol–water partition coefficient (Wildman–Crippen LogP) is -2.29. The summed E-state index contributed by atoms with van der Waals surface area (Å²) in [5, 5.41) is 0. The van der Waals surface area contributed by atoms with E-state index < -0.39 is 0 Å². The number of Topliss-reactive ketones (excluding diaryl/α,β-unsaturated/α-hetero) is 2. The fourth-order valence-corrected chi connectivity index (χ4v) is 6.50. The number of carbonyl (C=O) groups excluding carboxylic acids is 2. The van der Waals surface area contributed by atoms with Crippen molar-refractivity contribution in [1.29, 1.82) is 0 Å². The Hall–Kier alpha value is -2.12. The van der Waals surface area contributed by atoms with Crippen LogP contribution in [0.5, 0.6) is 11.5 Å². The summed E-state index contributed by atoms with van der Waals surface area (Å²) in [4.78, 5) is 30.8. The SMILES string of the molecule is CCOc1ccc(C(=O)C(CCC(C[NH+]2CCCCC2)C(=O)c2ccc(OCC)cc2)C[NH+]2CCCCC2)cc1.[Cl-].[Cl-]. The maximum absolute atomic E-state index is 13.9. The van der Waals surface area contributed by atoms with Crippen molar-refractivity contribution in [3.63, 3.8) is 0 Å².